The molecule has 0 aromatic heterocycles. The van der Waals surface area contributed by atoms with Crippen LogP contribution in [0.5, 0.6) is 0 Å². The minimum absolute atomic E-state index is 0.0327. The lowest BCUT2D eigenvalue weighted by molar-refractivity contribution is -0.168. The molecule has 2 aromatic rings. The van der Waals surface area contributed by atoms with Gasteiger partial charge in [0, 0.05) is 0 Å². The van der Waals surface area contributed by atoms with E-state index in [2.05, 4.69) is 76.2 Å². The Morgan fingerprint density at radius 1 is 0.588 bits per heavy atom. The Labute approximate surface area is 210 Å². The Hall–Kier alpha value is -1.64. The molecule has 0 bridgehead atoms. The fraction of sp³-hybridized carbons (Fsp3) is 0.625. The van der Waals surface area contributed by atoms with Crippen molar-refractivity contribution in [1.82, 2.24) is 5.06 Å². The molecule has 2 unspecified atom stereocenters. The van der Waals surface area contributed by atoms with Crippen molar-refractivity contribution in [3.63, 3.8) is 0 Å². The van der Waals surface area contributed by atoms with E-state index in [9.17, 15) is 5.21 Å². The van der Waals surface area contributed by atoms with Crippen LogP contribution in [0.4, 0.5) is 0 Å². The lowest BCUT2D eigenvalue weighted by Gasteiger charge is -2.34. The van der Waals surface area contributed by atoms with Gasteiger partial charge in [0.05, 0.1) is 12.1 Å². The van der Waals surface area contributed by atoms with Gasteiger partial charge in [-0.15, -0.1) is 0 Å². The van der Waals surface area contributed by atoms with Gasteiger partial charge < -0.3 is 5.21 Å². The lowest BCUT2D eigenvalue weighted by Crippen LogP contribution is -2.30. The van der Waals surface area contributed by atoms with Crippen LogP contribution in [0.3, 0.4) is 0 Å². The Bertz CT molecular complexity index is 721. The predicted octanol–water partition coefficient (Wildman–Crippen LogP) is 10.0. The fourth-order valence-electron chi connectivity index (χ4n) is 5.09. The summed E-state index contributed by atoms with van der Waals surface area (Å²) in [6, 6.07) is 18.1. The number of unbranched alkanes of at least 4 members (excludes halogenated alkanes) is 6. The third kappa shape index (κ3) is 9.55. The van der Waals surface area contributed by atoms with Crippen LogP contribution in [0.1, 0.15) is 139 Å². The van der Waals surface area contributed by atoms with Gasteiger partial charge in [-0.2, -0.15) is 5.06 Å². The van der Waals surface area contributed by atoms with E-state index in [1.807, 2.05) is 0 Å². The average Bonchev–Trinajstić information content (AvgIpc) is 2.86. The van der Waals surface area contributed by atoms with Gasteiger partial charge in [-0.3, -0.25) is 0 Å². The second kappa shape index (κ2) is 16.9. The van der Waals surface area contributed by atoms with Crippen LogP contribution in [0, 0.1) is 0 Å². The summed E-state index contributed by atoms with van der Waals surface area (Å²) in [7, 11) is 0. The predicted molar refractivity (Wildman–Crippen MR) is 147 cm³/mol. The van der Waals surface area contributed by atoms with Crippen molar-refractivity contribution >= 4 is 0 Å². The molecule has 0 saturated heterocycles. The zero-order chi connectivity index (χ0) is 24.6. The number of hydrogen-bond donors (Lipinski definition) is 1. The minimum Gasteiger partial charge on any atom is -0.313 e. The van der Waals surface area contributed by atoms with Crippen LogP contribution in [0.2, 0.25) is 0 Å². The standard InChI is InChI=1S/C32H51NO/c1-5-9-11-13-19-27-21-15-23-29(25-27)31(17-7-3)33(34)32(18-8-4)30-24-16-22-28(26-30)20-14-12-10-6-2/h15-16,21-26,31-32,34H,5-14,17-20H2,1-4H3. The van der Waals surface area contributed by atoms with Crippen LogP contribution >= 0.6 is 0 Å². The van der Waals surface area contributed by atoms with Gasteiger partial charge in [-0.05, 0) is 60.8 Å². The van der Waals surface area contributed by atoms with Gasteiger partial charge in [0.15, 0.2) is 0 Å². The van der Waals surface area contributed by atoms with Crippen molar-refractivity contribution in [2.24, 2.45) is 0 Å². The highest BCUT2D eigenvalue weighted by Gasteiger charge is 2.27. The van der Waals surface area contributed by atoms with E-state index in [1.54, 1.807) is 5.06 Å². The highest BCUT2D eigenvalue weighted by Crippen LogP contribution is 2.35. The first-order chi connectivity index (χ1) is 16.6. The van der Waals surface area contributed by atoms with Crippen molar-refractivity contribution in [3.05, 3.63) is 70.8 Å². The molecule has 1 N–H and O–H groups in total. The second-order valence-corrected chi connectivity index (χ2v) is 10.1. The molecule has 0 heterocycles. The van der Waals surface area contributed by atoms with Gasteiger partial charge in [0.2, 0.25) is 0 Å². The van der Waals surface area contributed by atoms with Crippen molar-refractivity contribution in [2.75, 3.05) is 0 Å². The molecule has 190 valence electrons. The summed E-state index contributed by atoms with van der Waals surface area (Å²) < 4.78 is 0. The van der Waals surface area contributed by atoms with E-state index < -0.39 is 0 Å². The normalized spacial score (nSPS) is 13.4. The van der Waals surface area contributed by atoms with Gasteiger partial charge >= 0.3 is 0 Å². The van der Waals surface area contributed by atoms with Crippen molar-refractivity contribution in [1.29, 1.82) is 0 Å². The summed E-state index contributed by atoms with van der Waals surface area (Å²) in [5.74, 6) is 0. The third-order valence-corrected chi connectivity index (χ3v) is 7.07. The molecule has 0 saturated carbocycles. The first-order valence-electron chi connectivity index (χ1n) is 14.3. The van der Waals surface area contributed by atoms with Crippen molar-refractivity contribution < 1.29 is 5.21 Å². The summed E-state index contributed by atoms with van der Waals surface area (Å²) in [5, 5.41) is 13.3. The van der Waals surface area contributed by atoms with Gasteiger partial charge in [-0.1, -0.05) is 128 Å². The maximum atomic E-state index is 11.6. The number of benzene rings is 2. The van der Waals surface area contributed by atoms with Crippen LogP contribution in [-0.2, 0) is 12.8 Å². The first kappa shape index (κ1) is 28.6. The summed E-state index contributed by atoms with van der Waals surface area (Å²) in [6.45, 7) is 8.98. The topological polar surface area (TPSA) is 23.5 Å². The zero-order valence-electron chi connectivity index (χ0n) is 22.6. The molecule has 0 spiro atoms. The highest BCUT2D eigenvalue weighted by molar-refractivity contribution is 5.29. The highest BCUT2D eigenvalue weighted by atomic mass is 16.5. The summed E-state index contributed by atoms with van der Waals surface area (Å²) in [5.41, 5.74) is 5.33. The summed E-state index contributed by atoms with van der Waals surface area (Å²) in [4.78, 5) is 0. The molecule has 0 aliphatic heterocycles. The number of aryl methyl sites for hydroxylation is 2. The molecule has 0 aliphatic rings. The monoisotopic (exact) mass is 465 g/mol. The van der Waals surface area contributed by atoms with Gasteiger partial charge in [0.1, 0.15) is 0 Å². The van der Waals surface area contributed by atoms with E-state index >= 15 is 0 Å². The molecule has 0 aliphatic carbocycles. The molecule has 2 aromatic carbocycles. The number of nitrogens with zero attached hydrogens (tertiary/aromatic N) is 1. The SMILES string of the molecule is CCCCCCc1cccc(C(CCC)N(O)C(CCC)c2cccc(CCCCCC)c2)c1. The molecule has 2 rings (SSSR count). The van der Waals surface area contributed by atoms with E-state index in [1.165, 1.54) is 73.6 Å². The smallest absolute Gasteiger partial charge is 0.0606 e. The maximum Gasteiger partial charge on any atom is 0.0606 e. The quantitative estimate of drug-likeness (QED) is 0.175. The fourth-order valence-corrected chi connectivity index (χ4v) is 5.09. The Morgan fingerprint density at radius 3 is 1.41 bits per heavy atom. The molecule has 2 nitrogen and oxygen atoms in total. The van der Waals surface area contributed by atoms with Crippen LogP contribution in [0.25, 0.3) is 0 Å². The molecular weight excluding hydrogens is 414 g/mol. The van der Waals surface area contributed by atoms with Gasteiger partial charge in [0.25, 0.3) is 0 Å². The Morgan fingerprint density at radius 2 is 1.03 bits per heavy atom. The molecule has 2 heteroatoms. The van der Waals surface area contributed by atoms with E-state index in [0.29, 0.717) is 0 Å². The lowest BCUT2D eigenvalue weighted by atomic mass is 9.93. The van der Waals surface area contributed by atoms with E-state index in [-0.39, 0.29) is 12.1 Å². The second-order valence-electron chi connectivity index (χ2n) is 10.1. The van der Waals surface area contributed by atoms with Crippen LogP contribution < -0.4 is 0 Å². The largest absolute Gasteiger partial charge is 0.313 e. The Balaban J connectivity index is 2.20. The first-order valence-corrected chi connectivity index (χ1v) is 14.3. The number of rotatable bonds is 18. The van der Waals surface area contributed by atoms with Gasteiger partial charge in [-0.25, -0.2) is 0 Å². The molecule has 34 heavy (non-hydrogen) atoms. The number of hydrogen-bond acceptors (Lipinski definition) is 2. The van der Waals surface area contributed by atoms with E-state index in [4.69, 9.17) is 0 Å². The third-order valence-electron chi connectivity index (χ3n) is 7.07. The molecule has 0 fully saturated rings. The number of hydroxylamine groups is 2. The Kier molecular flexibility index (Phi) is 14.2. The summed E-state index contributed by atoms with van der Waals surface area (Å²) >= 11 is 0. The maximum absolute atomic E-state index is 11.6. The summed E-state index contributed by atoms with van der Waals surface area (Å²) in [6.07, 6.45) is 16.6. The van der Waals surface area contributed by atoms with Crippen LogP contribution in [-0.4, -0.2) is 10.3 Å². The molecular formula is C32H51NO. The zero-order valence-corrected chi connectivity index (χ0v) is 22.6. The van der Waals surface area contributed by atoms with Crippen molar-refractivity contribution in [3.8, 4) is 0 Å². The molecule has 0 radical (unpaired) electrons. The molecule has 2 atom stereocenters. The van der Waals surface area contributed by atoms with E-state index in [0.717, 1.165) is 38.5 Å². The minimum atomic E-state index is 0.0327. The average molecular weight is 466 g/mol. The molecule has 0 amide bonds. The van der Waals surface area contributed by atoms with Crippen molar-refractivity contribution in [2.45, 2.75) is 130 Å². The van der Waals surface area contributed by atoms with Crippen LogP contribution in [0.15, 0.2) is 48.5 Å².